The molecule has 4 heteroatoms. The van der Waals surface area contributed by atoms with Crippen molar-refractivity contribution >= 4 is 28.1 Å². The highest BCUT2D eigenvalue weighted by Gasteiger charge is 2.16. The topological polar surface area (TPSA) is 42.0 Å². The normalized spacial score (nSPS) is 12.0. The molecule has 0 spiro atoms. The molecule has 3 nitrogen and oxygen atoms in total. The Bertz CT molecular complexity index is 1040. The minimum atomic E-state index is -0.0866. The van der Waals surface area contributed by atoms with E-state index in [1.54, 1.807) is 11.3 Å². The molecule has 1 N–H and O–H groups in total. The first-order valence-corrected chi connectivity index (χ1v) is 9.45. The Morgan fingerprint density at radius 1 is 1.04 bits per heavy atom. The number of hydrogen-bond donors (Lipinski definition) is 1. The SMILES string of the molecule is CC(NC(=O)c1cc(-c2ccsc2)nc2ccccc12)c1ccccc1. The van der Waals surface area contributed by atoms with Gasteiger partial charge >= 0.3 is 0 Å². The van der Waals surface area contributed by atoms with E-state index >= 15 is 0 Å². The molecule has 0 aliphatic heterocycles. The highest BCUT2D eigenvalue weighted by Crippen LogP contribution is 2.26. The molecule has 4 aromatic rings. The van der Waals surface area contributed by atoms with Crippen LogP contribution in [0, 0.1) is 0 Å². The molecule has 0 fully saturated rings. The molecule has 2 aromatic carbocycles. The van der Waals surface area contributed by atoms with Crippen LogP contribution in [-0.4, -0.2) is 10.9 Å². The number of aromatic nitrogens is 1. The number of nitrogens with one attached hydrogen (secondary N) is 1. The zero-order valence-electron chi connectivity index (χ0n) is 14.3. The minimum absolute atomic E-state index is 0.0692. The molecule has 0 saturated heterocycles. The summed E-state index contributed by atoms with van der Waals surface area (Å²) in [4.78, 5) is 17.8. The average molecular weight is 358 g/mol. The van der Waals surface area contributed by atoms with Gasteiger partial charge in [-0.25, -0.2) is 4.98 Å². The van der Waals surface area contributed by atoms with E-state index in [1.165, 1.54) is 0 Å². The Kier molecular flexibility index (Phi) is 4.50. The van der Waals surface area contributed by atoms with E-state index in [9.17, 15) is 4.79 Å². The maximum Gasteiger partial charge on any atom is 0.252 e. The van der Waals surface area contributed by atoms with Crippen LogP contribution in [-0.2, 0) is 0 Å². The molecule has 128 valence electrons. The van der Waals surface area contributed by atoms with Gasteiger partial charge in [0.05, 0.1) is 22.8 Å². The average Bonchev–Trinajstić information content (AvgIpc) is 3.22. The van der Waals surface area contributed by atoms with Crippen LogP contribution < -0.4 is 5.32 Å². The van der Waals surface area contributed by atoms with Crippen LogP contribution >= 0.6 is 11.3 Å². The third-order valence-corrected chi connectivity index (χ3v) is 5.11. The van der Waals surface area contributed by atoms with Crippen LogP contribution in [0.5, 0.6) is 0 Å². The van der Waals surface area contributed by atoms with Crippen LogP contribution in [0.15, 0.2) is 77.5 Å². The van der Waals surface area contributed by atoms with Crippen LogP contribution in [0.4, 0.5) is 0 Å². The summed E-state index contributed by atoms with van der Waals surface area (Å²) in [7, 11) is 0. The fourth-order valence-electron chi connectivity index (χ4n) is 3.02. The van der Waals surface area contributed by atoms with E-state index in [0.717, 1.165) is 27.7 Å². The minimum Gasteiger partial charge on any atom is -0.345 e. The summed E-state index contributed by atoms with van der Waals surface area (Å²) in [6, 6.07) is 21.6. The summed E-state index contributed by atoms with van der Waals surface area (Å²) in [5.41, 5.74) is 4.42. The lowest BCUT2D eigenvalue weighted by atomic mass is 10.0. The smallest absolute Gasteiger partial charge is 0.252 e. The van der Waals surface area contributed by atoms with E-state index in [-0.39, 0.29) is 11.9 Å². The summed E-state index contributed by atoms with van der Waals surface area (Å²) in [5, 5.41) is 8.04. The summed E-state index contributed by atoms with van der Waals surface area (Å²) in [6.45, 7) is 2.00. The Labute approximate surface area is 156 Å². The molecule has 1 atom stereocenters. The number of pyridine rings is 1. The molecule has 0 saturated carbocycles. The molecule has 0 aliphatic carbocycles. The first kappa shape index (κ1) is 16.5. The van der Waals surface area contributed by atoms with Crippen LogP contribution in [0.1, 0.15) is 28.9 Å². The van der Waals surface area contributed by atoms with Crippen molar-refractivity contribution in [1.29, 1.82) is 0 Å². The van der Waals surface area contributed by atoms with E-state index in [4.69, 9.17) is 4.98 Å². The molecule has 4 rings (SSSR count). The fourth-order valence-corrected chi connectivity index (χ4v) is 3.67. The van der Waals surface area contributed by atoms with Crippen molar-refractivity contribution in [3.05, 3.63) is 88.6 Å². The molecule has 2 heterocycles. The van der Waals surface area contributed by atoms with Gasteiger partial charge in [0.15, 0.2) is 0 Å². The van der Waals surface area contributed by atoms with E-state index in [1.807, 2.05) is 84.4 Å². The monoisotopic (exact) mass is 358 g/mol. The van der Waals surface area contributed by atoms with Gasteiger partial charge in [-0.15, -0.1) is 0 Å². The maximum atomic E-state index is 13.0. The highest BCUT2D eigenvalue weighted by molar-refractivity contribution is 7.08. The lowest BCUT2D eigenvalue weighted by Gasteiger charge is -2.16. The van der Waals surface area contributed by atoms with E-state index < -0.39 is 0 Å². The van der Waals surface area contributed by atoms with Crippen molar-refractivity contribution in [3.63, 3.8) is 0 Å². The van der Waals surface area contributed by atoms with Gasteiger partial charge in [0.1, 0.15) is 0 Å². The number of carbonyl (C=O) groups excluding carboxylic acids is 1. The molecule has 1 unspecified atom stereocenters. The van der Waals surface area contributed by atoms with Gasteiger partial charge in [0.25, 0.3) is 5.91 Å². The molecular weight excluding hydrogens is 340 g/mol. The number of carbonyl (C=O) groups is 1. The molecule has 0 aliphatic rings. The summed E-state index contributed by atoms with van der Waals surface area (Å²) in [5.74, 6) is -0.0866. The second-order valence-corrected chi connectivity index (χ2v) is 6.97. The first-order chi connectivity index (χ1) is 12.7. The number of fused-ring (bicyclic) bond motifs is 1. The highest BCUT2D eigenvalue weighted by atomic mass is 32.1. The van der Waals surface area contributed by atoms with Gasteiger partial charge in [-0.05, 0) is 36.1 Å². The standard InChI is InChI=1S/C22H18N2OS/c1-15(16-7-3-2-4-8-16)23-22(25)19-13-21(17-11-12-26-14-17)24-20-10-6-5-9-18(19)20/h2-15H,1H3,(H,23,25). The first-order valence-electron chi connectivity index (χ1n) is 8.50. The number of thiophene rings is 1. The second-order valence-electron chi connectivity index (χ2n) is 6.19. The third-order valence-electron chi connectivity index (χ3n) is 4.42. The number of rotatable bonds is 4. The number of benzene rings is 2. The Morgan fingerprint density at radius 2 is 1.81 bits per heavy atom. The molecule has 0 bridgehead atoms. The number of nitrogens with zero attached hydrogens (tertiary/aromatic N) is 1. The van der Waals surface area contributed by atoms with Gasteiger partial charge in [0.2, 0.25) is 0 Å². The maximum absolute atomic E-state index is 13.0. The van der Waals surface area contributed by atoms with Gasteiger partial charge < -0.3 is 5.32 Å². The van der Waals surface area contributed by atoms with Crippen molar-refractivity contribution in [3.8, 4) is 11.3 Å². The predicted octanol–water partition coefficient (Wildman–Crippen LogP) is 5.45. The summed E-state index contributed by atoms with van der Waals surface area (Å²) in [6.07, 6.45) is 0. The fraction of sp³-hybridized carbons (Fsp3) is 0.0909. The van der Waals surface area contributed by atoms with Crippen molar-refractivity contribution in [2.75, 3.05) is 0 Å². The zero-order chi connectivity index (χ0) is 17.9. The summed E-state index contributed by atoms with van der Waals surface area (Å²) >= 11 is 1.62. The van der Waals surface area contributed by atoms with Gasteiger partial charge in [0, 0.05) is 16.3 Å². The van der Waals surface area contributed by atoms with E-state index in [0.29, 0.717) is 5.56 Å². The van der Waals surface area contributed by atoms with Crippen LogP contribution in [0.2, 0.25) is 0 Å². The predicted molar refractivity (Wildman–Crippen MR) is 107 cm³/mol. The van der Waals surface area contributed by atoms with Gasteiger partial charge in [-0.3, -0.25) is 4.79 Å². The Balaban J connectivity index is 1.73. The van der Waals surface area contributed by atoms with E-state index in [2.05, 4.69) is 5.32 Å². The second kappa shape index (κ2) is 7.10. The van der Waals surface area contributed by atoms with Crippen LogP contribution in [0.3, 0.4) is 0 Å². The van der Waals surface area contributed by atoms with Gasteiger partial charge in [-0.1, -0.05) is 48.5 Å². The number of para-hydroxylation sites is 1. The lowest BCUT2D eigenvalue weighted by molar-refractivity contribution is 0.0941. The van der Waals surface area contributed by atoms with Crippen molar-refractivity contribution in [1.82, 2.24) is 10.3 Å². The molecular formula is C22H18N2OS. The number of amides is 1. The Hall–Kier alpha value is -2.98. The molecule has 0 radical (unpaired) electrons. The van der Waals surface area contributed by atoms with Crippen molar-refractivity contribution in [2.45, 2.75) is 13.0 Å². The molecule has 26 heavy (non-hydrogen) atoms. The lowest BCUT2D eigenvalue weighted by Crippen LogP contribution is -2.27. The largest absolute Gasteiger partial charge is 0.345 e. The quantitative estimate of drug-likeness (QED) is 0.527. The zero-order valence-corrected chi connectivity index (χ0v) is 15.2. The molecule has 1 amide bonds. The number of hydrogen-bond acceptors (Lipinski definition) is 3. The molecule has 2 aromatic heterocycles. The third kappa shape index (κ3) is 3.24. The van der Waals surface area contributed by atoms with Crippen LogP contribution in [0.25, 0.3) is 22.2 Å². The van der Waals surface area contributed by atoms with Crippen molar-refractivity contribution < 1.29 is 4.79 Å². The Morgan fingerprint density at radius 3 is 2.58 bits per heavy atom. The van der Waals surface area contributed by atoms with Gasteiger partial charge in [-0.2, -0.15) is 11.3 Å². The van der Waals surface area contributed by atoms with Crippen molar-refractivity contribution in [2.24, 2.45) is 0 Å². The summed E-state index contributed by atoms with van der Waals surface area (Å²) < 4.78 is 0.